The lowest BCUT2D eigenvalue weighted by Gasteiger charge is -2.28. The van der Waals surface area contributed by atoms with Crippen molar-refractivity contribution < 1.29 is 19.0 Å². The molecule has 5 unspecified atom stereocenters. The molecular weight excluding hydrogens is 258 g/mol. The summed E-state index contributed by atoms with van der Waals surface area (Å²) in [6.45, 7) is 6.09. The van der Waals surface area contributed by atoms with Crippen molar-refractivity contribution >= 4 is 18.4 Å². The molecule has 5 atom stereocenters. The maximum Gasteiger partial charge on any atom is 0.323 e. The van der Waals surface area contributed by atoms with E-state index in [2.05, 4.69) is 5.32 Å². The van der Waals surface area contributed by atoms with Gasteiger partial charge in [-0.2, -0.15) is 0 Å². The van der Waals surface area contributed by atoms with Gasteiger partial charge in [0.2, 0.25) is 0 Å². The number of carbonyl (C=O) groups is 1. The van der Waals surface area contributed by atoms with E-state index in [1.165, 1.54) is 0 Å². The second-order valence-corrected chi connectivity index (χ2v) is 5.47. The van der Waals surface area contributed by atoms with Crippen LogP contribution in [0.4, 0.5) is 0 Å². The van der Waals surface area contributed by atoms with Crippen LogP contribution in [0.25, 0.3) is 0 Å². The maximum absolute atomic E-state index is 11.8. The summed E-state index contributed by atoms with van der Waals surface area (Å²) >= 11 is 0. The Morgan fingerprint density at radius 3 is 2.72 bits per heavy atom. The Bertz CT molecular complexity index is 349. The first-order valence-corrected chi connectivity index (χ1v) is 6.30. The quantitative estimate of drug-likeness (QED) is 0.759. The zero-order valence-corrected chi connectivity index (χ0v) is 11.7. The molecule has 3 aliphatic rings. The van der Waals surface area contributed by atoms with Gasteiger partial charge >= 0.3 is 5.97 Å². The molecule has 5 nitrogen and oxygen atoms in total. The summed E-state index contributed by atoms with van der Waals surface area (Å²) in [6.07, 6.45) is 1.06. The molecule has 2 aliphatic heterocycles. The molecule has 1 aliphatic carbocycles. The van der Waals surface area contributed by atoms with Gasteiger partial charge in [-0.1, -0.05) is 0 Å². The topological polar surface area (TPSA) is 56.8 Å². The average Bonchev–Trinajstić information content (AvgIpc) is 2.85. The number of ether oxygens (including phenoxy) is 3. The molecule has 18 heavy (non-hydrogen) atoms. The summed E-state index contributed by atoms with van der Waals surface area (Å²) in [4.78, 5) is 11.8. The fraction of sp³-hybridized carbons (Fsp3) is 0.917. The molecule has 1 saturated carbocycles. The maximum atomic E-state index is 11.8. The standard InChI is InChI=1S/C12H19NO4.ClH/c1-4-15-11(14)8-6-5-7(13-8)10-9(6)16-12(2,3)17-10;/h6-10,13H,4-5H2,1-3H3;1H. The number of nitrogens with one attached hydrogen (secondary N) is 1. The van der Waals surface area contributed by atoms with Crippen LogP contribution in [-0.2, 0) is 19.0 Å². The van der Waals surface area contributed by atoms with Crippen LogP contribution in [0, 0.1) is 5.92 Å². The van der Waals surface area contributed by atoms with Crippen molar-refractivity contribution in [2.45, 2.75) is 57.3 Å². The molecule has 2 bridgehead atoms. The molecule has 3 rings (SSSR count). The predicted octanol–water partition coefficient (Wildman–Crippen LogP) is 0.852. The van der Waals surface area contributed by atoms with E-state index in [0.29, 0.717) is 6.61 Å². The molecule has 6 heteroatoms. The van der Waals surface area contributed by atoms with Crippen LogP contribution in [0.2, 0.25) is 0 Å². The molecule has 0 aromatic rings. The van der Waals surface area contributed by atoms with E-state index >= 15 is 0 Å². The third kappa shape index (κ3) is 2.03. The Morgan fingerprint density at radius 2 is 2.06 bits per heavy atom. The number of hydrogen-bond donors (Lipinski definition) is 1. The Balaban J connectivity index is 0.00000120. The van der Waals surface area contributed by atoms with E-state index in [9.17, 15) is 4.79 Å². The number of esters is 1. The van der Waals surface area contributed by atoms with Gasteiger partial charge in [-0.05, 0) is 27.2 Å². The highest BCUT2D eigenvalue weighted by atomic mass is 35.5. The average molecular weight is 278 g/mol. The van der Waals surface area contributed by atoms with Crippen molar-refractivity contribution in [2.75, 3.05) is 6.61 Å². The molecule has 0 amide bonds. The van der Waals surface area contributed by atoms with Crippen LogP contribution in [0.5, 0.6) is 0 Å². The first-order valence-electron chi connectivity index (χ1n) is 6.30. The third-order valence-corrected chi connectivity index (χ3v) is 3.87. The van der Waals surface area contributed by atoms with Gasteiger partial charge in [0.05, 0.1) is 12.7 Å². The van der Waals surface area contributed by atoms with Crippen molar-refractivity contribution in [3.8, 4) is 0 Å². The van der Waals surface area contributed by atoms with Gasteiger partial charge in [-0.3, -0.25) is 10.1 Å². The number of rotatable bonds is 2. The van der Waals surface area contributed by atoms with E-state index in [1.54, 1.807) is 0 Å². The highest BCUT2D eigenvalue weighted by Gasteiger charge is 2.61. The normalized spacial score (nSPS) is 43.4. The Labute approximate surface area is 113 Å². The summed E-state index contributed by atoms with van der Waals surface area (Å²) in [5.74, 6) is -0.505. The first kappa shape index (κ1) is 14.1. The van der Waals surface area contributed by atoms with Gasteiger partial charge in [-0.15, -0.1) is 12.4 Å². The molecule has 0 aromatic heterocycles. The number of hydrogen-bond acceptors (Lipinski definition) is 5. The minimum atomic E-state index is -0.530. The number of carbonyl (C=O) groups excluding carboxylic acids is 1. The highest BCUT2D eigenvalue weighted by molar-refractivity contribution is 5.85. The summed E-state index contributed by atoms with van der Waals surface area (Å²) in [7, 11) is 0. The lowest BCUT2D eigenvalue weighted by molar-refractivity contribution is -0.158. The van der Waals surface area contributed by atoms with Gasteiger partial charge in [0, 0.05) is 12.0 Å². The third-order valence-electron chi connectivity index (χ3n) is 3.87. The Kier molecular flexibility index (Phi) is 3.62. The van der Waals surface area contributed by atoms with E-state index in [0.717, 1.165) is 6.42 Å². The first-order chi connectivity index (χ1) is 8.02. The second-order valence-electron chi connectivity index (χ2n) is 5.47. The van der Waals surface area contributed by atoms with Crippen LogP contribution >= 0.6 is 12.4 Å². The number of halogens is 1. The van der Waals surface area contributed by atoms with E-state index in [4.69, 9.17) is 14.2 Å². The van der Waals surface area contributed by atoms with Gasteiger partial charge in [-0.25, -0.2) is 0 Å². The zero-order valence-electron chi connectivity index (χ0n) is 10.8. The summed E-state index contributed by atoms with van der Waals surface area (Å²) in [5.41, 5.74) is 0. The van der Waals surface area contributed by atoms with Gasteiger partial charge in [0.15, 0.2) is 5.79 Å². The molecule has 0 spiro atoms. The van der Waals surface area contributed by atoms with Crippen LogP contribution in [0.1, 0.15) is 27.2 Å². The SMILES string of the molecule is CCOC(=O)C1NC2CC1C1OC(C)(C)OC21.Cl. The van der Waals surface area contributed by atoms with Crippen molar-refractivity contribution in [2.24, 2.45) is 5.92 Å². The molecule has 0 radical (unpaired) electrons. The Morgan fingerprint density at radius 1 is 1.39 bits per heavy atom. The van der Waals surface area contributed by atoms with Gasteiger partial charge in [0.25, 0.3) is 0 Å². The lowest BCUT2D eigenvalue weighted by Crippen LogP contribution is -2.53. The molecule has 2 heterocycles. The zero-order chi connectivity index (χ0) is 12.2. The molecule has 3 fully saturated rings. The summed E-state index contributed by atoms with van der Waals surface area (Å²) in [6, 6.07) is -0.000110. The van der Waals surface area contributed by atoms with Gasteiger partial charge in [0.1, 0.15) is 12.1 Å². The lowest BCUT2D eigenvalue weighted by atomic mass is 9.96. The fourth-order valence-corrected chi connectivity index (χ4v) is 3.34. The van der Waals surface area contributed by atoms with Crippen molar-refractivity contribution in [1.82, 2.24) is 5.32 Å². The molecular formula is C12H20ClNO4. The number of fused-ring (bicyclic) bond motifs is 5. The smallest absolute Gasteiger partial charge is 0.323 e. The van der Waals surface area contributed by atoms with Crippen molar-refractivity contribution in [3.05, 3.63) is 0 Å². The van der Waals surface area contributed by atoms with Crippen LogP contribution < -0.4 is 5.32 Å². The van der Waals surface area contributed by atoms with E-state index in [-0.39, 0.29) is 48.6 Å². The number of piperidine rings is 1. The summed E-state index contributed by atoms with van der Waals surface area (Å²) < 4.78 is 16.8. The van der Waals surface area contributed by atoms with E-state index < -0.39 is 5.79 Å². The van der Waals surface area contributed by atoms with Crippen molar-refractivity contribution in [1.29, 1.82) is 0 Å². The summed E-state index contributed by atoms with van der Waals surface area (Å²) in [5, 5.41) is 3.30. The minimum absolute atomic E-state index is 0. The molecule has 104 valence electrons. The predicted molar refractivity (Wildman–Crippen MR) is 66.5 cm³/mol. The molecule has 2 saturated heterocycles. The van der Waals surface area contributed by atoms with E-state index in [1.807, 2.05) is 20.8 Å². The highest BCUT2D eigenvalue weighted by Crippen LogP contribution is 2.46. The van der Waals surface area contributed by atoms with Crippen LogP contribution in [-0.4, -0.2) is 42.7 Å². The molecule has 0 aromatic carbocycles. The van der Waals surface area contributed by atoms with Crippen LogP contribution in [0.15, 0.2) is 0 Å². The molecule has 1 N–H and O–H groups in total. The second kappa shape index (κ2) is 4.63. The van der Waals surface area contributed by atoms with Gasteiger partial charge < -0.3 is 14.2 Å². The minimum Gasteiger partial charge on any atom is -0.465 e. The largest absolute Gasteiger partial charge is 0.465 e. The van der Waals surface area contributed by atoms with Crippen molar-refractivity contribution in [3.63, 3.8) is 0 Å². The monoisotopic (exact) mass is 277 g/mol. The Hall–Kier alpha value is -0.360. The fourth-order valence-electron chi connectivity index (χ4n) is 3.34. The van der Waals surface area contributed by atoms with Crippen LogP contribution in [0.3, 0.4) is 0 Å².